The topological polar surface area (TPSA) is 86.8 Å². The minimum Gasteiger partial charge on any atom is -0.354 e. The number of carbonyl (C=O) groups is 2. The summed E-state index contributed by atoms with van der Waals surface area (Å²) in [6.45, 7) is 6.13. The largest absolute Gasteiger partial charge is 0.354 e. The van der Waals surface area contributed by atoms with Crippen LogP contribution in [0.2, 0.25) is 0 Å². The minimum absolute atomic E-state index is 0.200. The van der Waals surface area contributed by atoms with Gasteiger partial charge in [0, 0.05) is 17.6 Å². The molecule has 0 aromatic heterocycles. The van der Waals surface area contributed by atoms with Crippen LogP contribution in [0, 0.1) is 5.92 Å². The van der Waals surface area contributed by atoms with Gasteiger partial charge >= 0.3 is 0 Å². The highest BCUT2D eigenvalue weighted by Gasteiger charge is 2.31. The van der Waals surface area contributed by atoms with Crippen LogP contribution in [-0.2, 0) is 26.2 Å². The molecule has 2 aromatic carbocycles. The van der Waals surface area contributed by atoms with Gasteiger partial charge in [-0.25, -0.2) is 8.42 Å². The Hall–Kier alpha value is -2.39. The smallest absolute Gasteiger partial charge is 0.244 e. The first-order valence-electron chi connectivity index (χ1n) is 10.9. The van der Waals surface area contributed by atoms with Crippen LogP contribution in [0.4, 0.5) is 5.69 Å². The summed E-state index contributed by atoms with van der Waals surface area (Å²) >= 11 is 3.34. The van der Waals surface area contributed by atoms with E-state index in [1.165, 1.54) is 4.90 Å². The predicted octanol–water partition coefficient (Wildman–Crippen LogP) is 3.79. The van der Waals surface area contributed by atoms with E-state index in [1.807, 2.05) is 51.1 Å². The van der Waals surface area contributed by atoms with Crippen molar-refractivity contribution in [1.29, 1.82) is 0 Å². The van der Waals surface area contributed by atoms with Crippen molar-refractivity contribution in [2.45, 2.75) is 39.8 Å². The van der Waals surface area contributed by atoms with Gasteiger partial charge in [-0.3, -0.25) is 13.9 Å². The van der Waals surface area contributed by atoms with E-state index in [-0.39, 0.29) is 18.4 Å². The molecule has 0 aliphatic carbocycles. The Balaban J connectivity index is 2.37. The maximum Gasteiger partial charge on any atom is 0.244 e. The van der Waals surface area contributed by atoms with E-state index in [2.05, 4.69) is 21.2 Å². The monoisotopic (exact) mass is 537 g/mol. The van der Waals surface area contributed by atoms with E-state index in [4.69, 9.17) is 0 Å². The number of amides is 2. The Labute approximate surface area is 205 Å². The number of rotatable bonds is 11. The lowest BCUT2D eigenvalue weighted by Crippen LogP contribution is -2.52. The molecule has 0 spiro atoms. The molecule has 2 amide bonds. The van der Waals surface area contributed by atoms with Crippen molar-refractivity contribution in [2.24, 2.45) is 5.92 Å². The zero-order valence-corrected chi connectivity index (χ0v) is 21.9. The molecule has 0 aliphatic heterocycles. The first-order chi connectivity index (χ1) is 15.5. The number of benzene rings is 2. The van der Waals surface area contributed by atoms with E-state index in [0.29, 0.717) is 18.7 Å². The van der Waals surface area contributed by atoms with E-state index in [9.17, 15) is 18.0 Å². The Morgan fingerprint density at radius 1 is 1.03 bits per heavy atom. The summed E-state index contributed by atoms with van der Waals surface area (Å²) in [4.78, 5) is 28.0. The fourth-order valence-corrected chi connectivity index (χ4v) is 4.46. The molecule has 9 heteroatoms. The summed E-state index contributed by atoms with van der Waals surface area (Å²) in [7, 11) is -3.74. The summed E-state index contributed by atoms with van der Waals surface area (Å²) in [5, 5.41) is 2.91. The second kappa shape index (κ2) is 12.2. The van der Waals surface area contributed by atoms with Crippen LogP contribution in [0.25, 0.3) is 0 Å². The van der Waals surface area contributed by atoms with E-state index in [1.54, 1.807) is 24.3 Å². The number of hydrogen-bond acceptors (Lipinski definition) is 4. The summed E-state index contributed by atoms with van der Waals surface area (Å²) in [6, 6.07) is 15.3. The van der Waals surface area contributed by atoms with Crippen LogP contribution < -0.4 is 9.62 Å². The number of carbonyl (C=O) groups excluding carboxylic acids is 2. The normalized spacial score (nSPS) is 12.3. The first-order valence-corrected chi connectivity index (χ1v) is 13.5. The average Bonchev–Trinajstić information content (AvgIpc) is 2.76. The van der Waals surface area contributed by atoms with Crippen molar-refractivity contribution in [1.82, 2.24) is 10.2 Å². The lowest BCUT2D eigenvalue weighted by molar-refractivity contribution is -0.140. The number of sulfonamides is 1. The molecule has 2 aromatic rings. The Morgan fingerprint density at radius 2 is 1.64 bits per heavy atom. The number of hydrogen-bond donors (Lipinski definition) is 1. The quantitative estimate of drug-likeness (QED) is 0.472. The third-order valence-corrected chi connectivity index (χ3v) is 6.73. The van der Waals surface area contributed by atoms with Crippen molar-refractivity contribution in [3.05, 3.63) is 64.6 Å². The molecule has 33 heavy (non-hydrogen) atoms. The molecule has 0 saturated carbocycles. The van der Waals surface area contributed by atoms with Crippen molar-refractivity contribution < 1.29 is 18.0 Å². The highest BCUT2D eigenvalue weighted by molar-refractivity contribution is 9.10. The van der Waals surface area contributed by atoms with Gasteiger partial charge < -0.3 is 10.2 Å². The molecule has 2 rings (SSSR count). The minimum atomic E-state index is -3.74. The fraction of sp³-hybridized carbons (Fsp3) is 0.417. The molecule has 0 saturated heterocycles. The Bertz CT molecular complexity index is 1030. The summed E-state index contributed by atoms with van der Waals surface area (Å²) in [5.74, 6) is -0.424. The van der Waals surface area contributed by atoms with Crippen LogP contribution in [0.15, 0.2) is 59.1 Å². The summed E-state index contributed by atoms with van der Waals surface area (Å²) in [6.07, 6.45) is 1.47. The average molecular weight is 539 g/mol. The molecule has 180 valence electrons. The van der Waals surface area contributed by atoms with Crippen LogP contribution >= 0.6 is 15.9 Å². The number of anilines is 1. The molecule has 1 N–H and O–H groups in total. The van der Waals surface area contributed by atoms with Crippen molar-refractivity contribution in [3.8, 4) is 0 Å². The first kappa shape index (κ1) is 26.9. The maximum atomic E-state index is 13.5. The lowest BCUT2D eigenvalue weighted by atomic mass is 10.1. The number of nitrogens with zero attached hydrogens (tertiary/aromatic N) is 2. The van der Waals surface area contributed by atoms with Crippen LogP contribution in [0.5, 0.6) is 0 Å². The van der Waals surface area contributed by atoms with Gasteiger partial charge in [-0.1, -0.05) is 67.0 Å². The molecule has 0 unspecified atom stereocenters. The molecule has 0 aliphatic rings. The van der Waals surface area contributed by atoms with Crippen LogP contribution in [0.1, 0.15) is 32.8 Å². The van der Waals surface area contributed by atoms with Gasteiger partial charge in [0.25, 0.3) is 0 Å². The second-order valence-corrected chi connectivity index (χ2v) is 11.1. The highest BCUT2D eigenvalue weighted by Crippen LogP contribution is 2.22. The highest BCUT2D eigenvalue weighted by atomic mass is 79.9. The van der Waals surface area contributed by atoms with Gasteiger partial charge in [0.15, 0.2) is 0 Å². The number of nitrogens with one attached hydrogen (secondary N) is 1. The molecule has 0 bridgehead atoms. The molecule has 0 radical (unpaired) electrons. The van der Waals surface area contributed by atoms with E-state index in [0.717, 1.165) is 20.6 Å². The zero-order valence-electron chi connectivity index (χ0n) is 19.5. The van der Waals surface area contributed by atoms with Gasteiger partial charge in [0.2, 0.25) is 21.8 Å². The molecular weight excluding hydrogens is 506 g/mol. The van der Waals surface area contributed by atoms with Crippen molar-refractivity contribution in [3.63, 3.8) is 0 Å². The van der Waals surface area contributed by atoms with Crippen LogP contribution in [0.3, 0.4) is 0 Å². The van der Waals surface area contributed by atoms with Crippen molar-refractivity contribution in [2.75, 3.05) is 23.7 Å². The Morgan fingerprint density at radius 3 is 2.15 bits per heavy atom. The van der Waals surface area contributed by atoms with E-state index < -0.39 is 28.5 Å². The van der Waals surface area contributed by atoms with Gasteiger partial charge in [-0.15, -0.1) is 0 Å². The third-order valence-electron chi connectivity index (χ3n) is 5.06. The van der Waals surface area contributed by atoms with Crippen molar-refractivity contribution >= 4 is 43.5 Å². The molecule has 7 nitrogen and oxygen atoms in total. The standard InChI is InChI=1S/C24H32BrN3O4S/c1-5-22(24(30)26-15-18(2)3)27(16-19-9-7-6-8-10-19)23(29)17-28(33(4,31)32)21-13-11-20(25)12-14-21/h6-14,18,22H,5,15-17H2,1-4H3,(H,26,30)/t22-/m1/s1. The lowest BCUT2D eigenvalue weighted by Gasteiger charge is -2.33. The van der Waals surface area contributed by atoms with Gasteiger partial charge in [0.05, 0.1) is 11.9 Å². The van der Waals surface area contributed by atoms with Crippen LogP contribution in [-0.4, -0.2) is 50.5 Å². The molecular formula is C24H32BrN3O4S. The van der Waals surface area contributed by atoms with E-state index >= 15 is 0 Å². The fourth-order valence-electron chi connectivity index (χ4n) is 3.34. The third kappa shape index (κ3) is 8.16. The second-order valence-electron chi connectivity index (χ2n) is 8.32. The summed E-state index contributed by atoms with van der Waals surface area (Å²) in [5.41, 5.74) is 1.24. The van der Waals surface area contributed by atoms with Gasteiger partial charge in [-0.2, -0.15) is 0 Å². The molecule has 0 fully saturated rings. The maximum absolute atomic E-state index is 13.5. The van der Waals surface area contributed by atoms with Gasteiger partial charge in [-0.05, 0) is 42.2 Å². The van der Waals surface area contributed by atoms with Gasteiger partial charge in [0.1, 0.15) is 12.6 Å². The SMILES string of the molecule is CC[C@H](C(=O)NCC(C)C)N(Cc1ccccc1)C(=O)CN(c1ccc(Br)cc1)S(C)(=O)=O. The Kier molecular flexibility index (Phi) is 9.91. The predicted molar refractivity (Wildman–Crippen MR) is 135 cm³/mol. The molecule has 0 heterocycles. The summed E-state index contributed by atoms with van der Waals surface area (Å²) < 4.78 is 27.0. The zero-order chi connectivity index (χ0) is 24.6. The molecule has 1 atom stereocenters. The number of halogens is 1.